The average Bonchev–Trinajstić information content (AvgIpc) is 3.26. The third kappa shape index (κ3) is 3.82. The second-order valence-corrected chi connectivity index (χ2v) is 7.37. The molecule has 2 nitrogen and oxygen atoms in total. The molecule has 2 aliphatic rings. The Kier molecular flexibility index (Phi) is 4.81. The number of halogens is 3. The van der Waals surface area contributed by atoms with Crippen molar-refractivity contribution in [2.24, 2.45) is 11.8 Å². The normalized spacial score (nSPS) is 18.6. The monoisotopic (exact) mass is 377 g/mol. The second kappa shape index (κ2) is 6.43. The summed E-state index contributed by atoms with van der Waals surface area (Å²) in [5.41, 5.74) is 0. The van der Waals surface area contributed by atoms with Crippen LogP contribution < -0.4 is 10.1 Å². The molecule has 0 bridgehead atoms. The van der Waals surface area contributed by atoms with Gasteiger partial charge in [-0.2, -0.15) is 0 Å². The molecule has 5 heteroatoms. The summed E-state index contributed by atoms with van der Waals surface area (Å²) in [5, 5.41) is 4.85. The Morgan fingerprint density at radius 1 is 1.15 bits per heavy atom. The maximum atomic E-state index is 6.13. The summed E-state index contributed by atoms with van der Waals surface area (Å²) in [6.07, 6.45) is 5.57. The smallest absolute Gasteiger partial charge is 0.139 e. The summed E-state index contributed by atoms with van der Waals surface area (Å²) in [6, 6.07) is 4.24. The highest BCUT2D eigenvalue weighted by Crippen LogP contribution is 2.44. The lowest BCUT2D eigenvalue weighted by Gasteiger charge is -2.18. The van der Waals surface area contributed by atoms with E-state index < -0.39 is 0 Å². The van der Waals surface area contributed by atoms with Crippen molar-refractivity contribution in [2.45, 2.75) is 31.7 Å². The first-order valence-corrected chi connectivity index (χ1v) is 8.71. The summed E-state index contributed by atoms with van der Waals surface area (Å²) in [6.45, 7) is 1.48. The Morgan fingerprint density at radius 2 is 1.80 bits per heavy atom. The van der Waals surface area contributed by atoms with Crippen LogP contribution in [0, 0.1) is 11.8 Å². The molecule has 1 aromatic carbocycles. The van der Waals surface area contributed by atoms with E-state index in [1.165, 1.54) is 25.7 Å². The number of hydrogen-bond acceptors (Lipinski definition) is 2. The van der Waals surface area contributed by atoms with Gasteiger partial charge in [-0.1, -0.05) is 23.2 Å². The molecule has 0 amide bonds. The van der Waals surface area contributed by atoms with Crippen molar-refractivity contribution in [1.82, 2.24) is 5.32 Å². The van der Waals surface area contributed by atoms with Gasteiger partial charge in [0.05, 0.1) is 10.0 Å². The fourth-order valence-electron chi connectivity index (χ4n) is 2.63. The van der Waals surface area contributed by atoms with Crippen molar-refractivity contribution in [2.75, 3.05) is 13.2 Å². The molecule has 1 aromatic rings. The quantitative estimate of drug-likeness (QED) is 0.537. The van der Waals surface area contributed by atoms with Gasteiger partial charge in [-0.3, -0.25) is 0 Å². The van der Waals surface area contributed by atoms with Crippen LogP contribution in [0.5, 0.6) is 5.75 Å². The molecule has 0 radical (unpaired) electrons. The molecule has 2 saturated carbocycles. The van der Waals surface area contributed by atoms with Crippen LogP contribution in [-0.4, -0.2) is 19.2 Å². The van der Waals surface area contributed by atoms with Gasteiger partial charge >= 0.3 is 0 Å². The van der Waals surface area contributed by atoms with Crippen molar-refractivity contribution in [3.05, 3.63) is 26.7 Å². The van der Waals surface area contributed by atoms with E-state index in [0.717, 1.165) is 22.9 Å². The van der Waals surface area contributed by atoms with Gasteiger partial charge < -0.3 is 10.1 Å². The van der Waals surface area contributed by atoms with Crippen LogP contribution in [0.3, 0.4) is 0 Å². The van der Waals surface area contributed by atoms with E-state index in [1.54, 1.807) is 12.1 Å². The standard InChI is InChI=1S/C15H18BrCl2NO/c16-11-7-13(18)14(8-12(11)17)20-6-5-19-15(9-1-2-9)10-3-4-10/h7-10,15,19H,1-6H2. The van der Waals surface area contributed by atoms with Crippen LogP contribution >= 0.6 is 39.1 Å². The first kappa shape index (κ1) is 15.0. The van der Waals surface area contributed by atoms with Crippen LogP contribution in [0.15, 0.2) is 16.6 Å². The lowest BCUT2D eigenvalue weighted by Crippen LogP contribution is -2.36. The lowest BCUT2D eigenvalue weighted by atomic mass is 10.1. The van der Waals surface area contributed by atoms with E-state index in [4.69, 9.17) is 27.9 Å². The van der Waals surface area contributed by atoms with Crippen molar-refractivity contribution in [1.29, 1.82) is 0 Å². The molecular formula is C15H18BrCl2NO. The van der Waals surface area contributed by atoms with Gasteiger partial charge in [0.25, 0.3) is 0 Å². The maximum Gasteiger partial charge on any atom is 0.139 e. The molecule has 0 unspecified atom stereocenters. The summed E-state index contributed by atoms with van der Waals surface area (Å²) < 4.78 is 6.51. The molecule has 110 valence electrons. The van der Waals surface area contributed by atoms with Crippen molar-refractivity contribution < 1.29 is 4.74 Å². The Morgan fingerprint density at radius 3 is 2.40 bits per heavy atom. The number of ether oxygens (including phenoxy) is 1. The zero-order valence-electron chi connectivity index (χ0n) is 11.2. The van der Waals surface area contributed by atoms with Gasteiger partial charge in [0.1, 0.15) is 12.4 Å². The second-order valence-electron chi connectivity index (χ2n) is 5.70. The number of rotatable bonds is 7. The van der Waals surface area contributed by atoms with Crippen LogP contribution in [0.4, 0.5) is 0 Å². The van der Waals surface area contributed by atoms with E-state index in [2.05, 4.69) is 21.2 Å². The van der Waals surface area contributed by atoms with Crippen LogP contribution in [0.25, 0.3) is 0 Å². The van der Waals surface area contributed by atoms with E-state index in [0.29, 0.717) is 28.4 Å². The van der Waals surface area contributed by atoms with E-state index in [9.17, 15) is 0 Å². The highest BCUT2D eigenvalue weighted by atomic mass is 79.9. The number of nitrogens with one attached hydrogen (secondary N) is 1. The molecule has 3 rings (SSSR count). The van der Waals surface area contributed by atoms with Crippen molar-refractivity contribution in [3.8, 4) is 5.75 Å². The van der Waals surface area contributed by atoms with Gasteiger partial charge in [0, 0.05) is 23.1 Å². The molecule has 0 atom stereocenters. The number of benzene rings is 1. The largest absolute Gasteiger partial charge is 0.491 e. The fraction of sp³-hybridized carbons (Fsp3) is 0.600. The Balaban J connectivity index is 1.46. The molecular weight excluding hydrogens is 361 g/mol. The minimum Gasteiger partial charge on any atom is -0.491 e. The Bertz CT molecular complexity index is 477. The highest BCUT2D eigenvalue weighted by Gasteiger charge is 2.40. The van der Waals surface area contributed by atoms with Gasteiger partial charge in [0.15, 0.2) is 0 Å². The van der Waals surface area contributed by atoms with Crippen LogP contribution in [0.1, 0.15) is 25.7 Å². The Labute approximate surface area is 138 Å². The van der Waals surface area contributed by atoms with Crippen molar-refractivity contribution in [3.63, 3.8) is 0 Å². The molecule has 2 aliphatic carbocycles. The molecule has 0 heterocycles. The van der Waals surface area contributed by atoms with Gasteiger partial charge in [-0.25, -0.2) is 0 Å². The highest BCUT2D eigenvalue weighted by molar-refractivity contribution is 9.10. The molecule has 20 heavy (non-hydrogen) atoms. The van der Waals surface area contributed by atoms with Crippen LogP contribution in [0.2, 0.25) is 10.0 Å². The summed E-state index contributed by atoms with van der Waals surface area (Å²) in [7, 11) is 0. The van der Waals surface area contributed by atoms with Gasteiger partial charge in [-0.05, 0) is 59.5 Å². The maximum absolute atomic E-state index is 6.13. The molecule has 0 saturated heterocycles. The molecule has 2 fully saturated rings. The molecule has 0 aromatic heterocycles. The first-order valence-electron chi connectivity index (χ1n) is 7.16. The fourth-order valence-corrected chi connectivity index (χ4v) is 3.48. The first-order chi connectivity index (χ1) is 9.65. The zero-order valence-corrected chi connectivity index (χ0v) is 14.3. The van der Waals surface area contributed by atoms with Crippen molar-refractivity contribution >= 4 is 39.1 Å². The van der Waals surface area contributed by atoms with E-state index in [1.807, 2.05) is 0 Å². The molecule has 0 spiro atoms. The lowest BCUT2D eigenvalue weighted by molar-refractivity contribution is 0.294. The topological polar surface area (TPSA) is 21.3 Å². The average molecular weight is 379 g/mol. The van der Waals surface area contributed by atoms with Gasteiger partial charge in [-0.15, -0.1) is 0 Å². The minimum absolute atomic E-state index is 0.585. The third-order valence-corrected chi connectivity index (χ3v) is 5.47. The Hall–Kier alpha value is 0.0400. The molecule has 0 aliphatic heterocycles. The molecule has 1 N–H and O–H groups in total. The SMILES string of the molecule is Clc1cc(OCCNC(C2CC2)C2CC2)c(Cl)cc1Br. The summed E-state index contributed by atoms with van der Waals surface area (Å²) >= 11 is 15.5. The van der Waals surface area contributed by atoms with E-state index in [-0.39, 0.29) is 0 Å². The summed E-state index contributed by atoms with van der Waals surface area (Å²) in [4.78, 5) is 0. The predicted octanol–water partition coefficient (Wildman–Crippen LogP) is 4.91. The zero-order chi connectivity index (χ0) is 14.1. The van der Waals surface area contributed by atoms with Gasteiger partial charge in [0.2, 0.25) is 0 Å². The summed E-state index contributed by atoms with van der Waals surface area (Å²) in [5.74, 6) is 2.47. The minimum atomic E-state index is 0.585. The number of hydrogen-bond donors (Lipinski definition) is 1. The van der Waals surface area contributed by atoms with Crippen LogP contribution in [-0.2, 0) is 0 Å². The van der Waals surface area contributed by atoms with E-state index >= 15 is 0 Å². The third-order valence-electron chi connectivity index (χ3n) is 3.97. The predicted molar refractivity (Wildman–Crippen MR) is 86.9 cm³/mol.